The molecule has 2 fully saturated rings. The second-order valence-corrected chi connectivity index (χ2v) is 6.38. The molecule has 2 rings (SSSR count). The van der Waals surface area contributed by atoms with Crippen LogP contribution in [0.5, 0.6) is 0 Å². The van der Waals surface area contributed by atoms with Crippen LogP contribution < -0.4 is 0 Å². The van der Waals surface area contributed by atoms with Gasteiger partial charge < -0.3 is 0 Å². The van der Waals surface area contributed by atoms with E-state index in [1.165, 1.54) is 24.6 Å². The first-order valence-corrected chi connectivity index (χ1v) is 6.18. The summed E-state index contributed by atoms with van der Waals surface area (Å²) in [5.74, 6) is 1.96. The molecule has 70 valence electrons. The molecule has 0 aromatic carbocycles. The second kappa shape index (κ2) is 2.50. The van der Waals surface area contributed by atoms with E-state index in [0.29, 0.717) is 5.41 Å². The van der Waals surface area contributed by atoms with Gasteiger partial charge in [0, 0.05) is 5.33 Å². The number of halogens is 1. The minimum Gasteiger partial charge on any atom is -0.0925 e. The highest BCUT2D eigenvalue weighted by molar-refractivity contribution is 9.09. The minimum absolute atomic E-state index is 0.621. The Morgan fingerprint density at radius 3 is 2.33 bits per heavy atom. The molecular weight excluding hydrogens is 212 g/mol. The van der Waals surface area contributed by atoms with E-state index in [9.17, 15) is 0 Å². The van der Waals surface area contributed by atoms with Gasteiger partial charge in [-0.25, -0.2) is 0 Å². The van der Waals surface area contributed by atoms with Crippen molar-refractivity contribution in [2.75, 3.05) is 5.33 Å². The summed E-state index contributed by atoms with van der Waals surface area (Å²) in [4.78, 5) is 0. The molecule has 0 saturated heterocycles. The molecule has 0 heterocycles. The molecule has 0 aromatic rings. The summed E-state index contributed by atoms with van der Waals surface area (Å²) in [7, 11) is 0. The zero-order valence-electron chi connectivity index (χ0n) is 8.36. The van der Waals surface area contributed by atoms with E-state index in [1.807, 2.05) is 0 Å². The van der Waals surface area contributed by atoms with Gasteiger partial charge in [0.1, 0.15) is 0 Å². The predicted molar refractivity (Wildman–Crippen MR) is 56.5 cm³/mol. The van der Waals surface area contributed by atoms with Crippen molar-refractivity contribution in [2.24, 2.45) is 22.7 Å². The Hall–Kier alpha value is 0.480. The molecule has 2 aliphatic rings. The molecule has 2 aliphatic carbocycles. The van der Waals surface area contributed by atoms with Crippen LogP contribution in [0.25, 0.3) is 0 Å². The number of hydrogen-bond acceptors (Lipinski definition) is 0. The minimum atomic E-state index is 0.621. The zero-order valence-corrected chi connectivity index (χ0v) is 9.95. The lowest BCUT2D eigenvalue weighted by Crippen LogP contribution is -2.09. The quantitative estimate of drug-likeness (QED) is 0.601. The van der Waals surface area contributed by atoms with E-state index < -0.39 is 0 Å². The molecule has 0 aliphatic heterocycles. The lowest BCUT2D eigenvalue weighted by Gasteiger charge is -2.17. The third-order valence-corrected chi connectivity index (χ3v) is 4.90. The molecule has 12 heavy (non-hydrogen) atoms. The number of rotatable bonds is 1. The van der Waals surface area contributed by atoms with E-state index in [4.69, 9.17) is 0 Å². The molecule has 1 heteroatoms. The summed E-state index contributed by atoms with van der Waals surface area (Å²) in [5.41, 5.74) is 1.38. The van der Waals surface area contributed by atoms with Gasteiger partial charge in [-0.15, -0.1) is 0 Å². The fourth-order valence-electron chi connectivity index (χ4n) is 3.60. The highest BCUT2D eigenvalue weighted by atomic mass is 79.9. The van der Waals surface area contributed by atoms with Gasteiger partial charge in [0.25, 0.3) is 0 Å². The van der Waals surface area contributed by atoms with E-state index in [-0.39, 0.29) is 0 Å². The number of alkyl halides is 1. The van der Waals surface area contributed by atoms with Crippen molar-refractivity contribution in [3.05, 3.63) is 0 Å². The Morgan fingerprint density at radius 1 is 1.33 bits per heavy atom. The Morgan fingerprint density at radius 2 is 2.00 bits per heavy atom. The second-order valence-electron chi connectivity index (χ2n) is 5.73. The summed E-state index contributed by atoms with van der Waals surface area (Å²) in [6.45, 7) is 7.32. The Labute approximate surface area is 84.2 Å². The van der Waals surface area contributed by atoms with Gasteiger partial charge in [0.2, 0.25) is 0 Å². The fraction of sp³-hybridized carbons (Fsp3) is 1.00. The monoisotopic (exact) mass is 230 g/mol. The molecule has 0 amide bonds. The van der Waals surface area contributed by atoms with Crippen molar-refractivity contribution in [3.8, 4) is 0 Å². The van der Waals surface area contributed by atoms with Crippen LogP contribution in [-0.4, -0.2) is 5.33 Å². The van der Waals surface area contributed by atoms with Crippen LogP contribution >= 0.6 is 15.9 Å². The molecule has 0 bridgehead atoms. The van der Waals surface area contributed by atoms with Gasteiger partial charge in [-0.1, -0.05) is 36.7 Å². The summed E-state index contributed by atoms with van der Waals surface area (Å²) in [6.07, 6.45) is 4.40. The standard InChI is InChI=1S/C11H19Br/c1-8-4-10(2,3)7-11(8)5-9(11)6-12/h8-9H,4-7H2,1-3H3. The maximum atomic E-state index is 3.63. The third kappa shape index (κ3) is 1.16. The number of hydrogen-bond donors (Lipinski definition) is 0. The Kier molecular flexibility index (Phi) is 1.88. The van der Waals surface area contributed by atoms with E-state index in [0.717, 1.165) is 17.3 Å². The van der Waals surface area contributed by atoms with Gasteiger partial charge >= 0.3 is 0 Å². The van der Waals surface area contributed by atoms with Crippen molar-refractivity contribution in [3.63, 3.8) is 0 Å². The van der Waals surface area contributed by atoms with Crippen molar-refractivity contribution in [1.29, 1.82) is 0 Å². The molecule has 0 aromatic heterocycles. The lowest BCUT2D eigenvalue weighted by molar-refractivity contribution is 0.341. The van der Waals surface area contributed by atoms with E-state index in [2.05, 4.69) is 36.7 Å². The zero-order chi connectivity index (χ0) is 8.98. The summed E-state index contributed by atoms with van der Waals surface area (Å²) in [5, 5.41) is 1.23. The van der Waals surface area contributed by atoms with Crippen LogP contribution in [0, 0.1) is 22.7 Å². The van der Waals surface area contributed by atoms with Crippen molar-refractivity contribution in [2.45, 2.75) is 40.0 Å². The summed E-state index contributed by atoms with van der Waals surface area (Å²) >= 11 is 3.63. The van der Waals surface area contributed by atoms with Crippen LogP contribution in [0.2, 0.25) is 0 Å². The van der Waals surface area contributed by atoms with Crippen LogP contribution in [0.15, 0.2) is 0 Å². The normalized spacial score (nSPS) is 50.0. The maximum absolute atomic E-state index is 3.63. The van der Waals surface area contributed by atoms with Crippen molar-refractivity contribution in [1.82, 2.24) is 0 Å². The topological polar surface area (TPSA) is 0 Å². The van der Waals surface area contributed by atoms with Crippen molar-refractivity contribution >= 4 is 15.9 Å². The molecule has 3 unspecified atom stereocenters. The van der Waals surface area contributed by atoms with Crippen molar-refractivity contribution < 1.29 is 0 Å². The van der Waals surface area contributed by atoms with E-state index in [1.54, 1.807) is 0 Å². The molecule has 0 N–H and O–H groups in total. The third-order valence-electron chi connectivity index (χ3n) is 4.11. The fourth-order valence-corrected chi connectivity index (χ4v) is 4.47. The Bertz CT molecular complexity index is 197. The average molecular weight is 231 g/mol. The SMILES string of the molecule is CC1CC(C)(C)CC12CC2CBr. The molecular formula is C11H19Br. The van der Waals surface area contributed by atoms with Gasteiger partial charge in [-0.3, -0.25) is 0 Å². The Balaban J connectivity index is 2.11. The first-order chi connectivity index (χ1) is 5.50. The molecule has 1 spiro atoms. The van der Waals surface area contributed by atoms with Gasteiger partial charge in [-0.2, -0.15) is 0 Å². The largest absolute Gasteiger partial charge is 0.0925 e. The van der Waals surface area contributed by atoms with E-state index >= 15 is 0 Å². The first kappa shape index (κ1) is 9.05. The lowest BCUT2D eigenvalue weighted by atomic mass is 9.89. The van der Waals surface area contributed by atoms with Crippen LogP contribution in [0.4, 0.5) is 0 Å². The van der Waals surface area contributed by atoms with Gasteiger partial charge in [0.15, 0.2) is 0 Å². The molecule has 2 saturated carbocycles. The highest BCUT2D eigenvalue weighted by Gasteiger charge is 2.62. The first-order valence-electron chi connectivity index (χ1n) is 5.06. The molecule has 0 radical (unpaired) electrons. The average Bonchev–Trinajstić information content (AvgIpc) is 2.55. The van der Waals surface area contributed by atoms with Crippen LogP contribution in [-0.2, 0) is 0 Å². The highest BCUT2D eigenvalue weighted by Crippen LogP contribution is 2.70. The summed E-state index contributed by atoms with van der Waals surface area (Å²) in [6, 6.07) is 0. The van der Waals surface area contributed by atoms with Crippen LogP contribution in [0.1, 0.15) is 40.0 Å². The maximum Gasteiger partial charge on any atom is 0.00652 e. The predicted octanol–water partition coefficient (Wildman–Crippen LogP) is 3.84. The van der Waals surface area contributed by atoms with Gasteiger partial charge in [-0.05, 0) is 41.9 Å². The smallest absolute Gasteiger partial charge is 0.00652 e. The van der Waals surface area contributed by atoms with Crippen LogP contribution in [0.3, 0.4) is 0 Å². The molecule has 0 nitrogen and oxygen atoms in total. The van der Waals surface area contributed by atoms with Gasteiger partial charge in [0.05, 0.1) is 0 Å². The summed E-state index contributed by atoms with van der Waals surface area (Å²) < 4.78 is 0. The molecule has 3 atom stereocenters.